The number of hydrogen-bond donors (Lipinski definition) is 3. The van der Waals surface area contributed by atoms with Crippen LogP contribution in [0.1, 0.15) is 33.1 Å². The van der Waals surface area contributed by atoms with Crippen LogP contribution < -0.4 is 22.5 Å². The van der Waals surface area contributed by atoms with Gasteiger partial charge in [0.05, 0.1) is 5.54 Å². The van der Waals surface area contributed by atoms with Gasteiger partial charge in [0.15, 0.2) is 0 Å². The molecular formula is C25H38N8O3. The maximum Gasteiger partial charge on any atom is 0.353 e. The van der Waals surface area contributed by atoms with Crippen molar-refractivity contribution >= 4 is 23.5 Å². The number of likely N-dealkylation sites (tertiary alicyclic amines) is 1. The molecule has 0 bridgehead atoms. The SMILES string of the molecule is CC(C)(N)C(=O)N1CCN(C(=O)Nc2ccn(C3=CCC(CN4CC5C(N)[C@@H]5C4)CC3)c(=O)n2)CC1. The van der Waals surface area contributed by atoms with Crippen molar-refractivity contribution in [2.24, 2.45) is 29.2 Å². The zero-order valence-electron chi connectivity index (χ0n) is 21.2. The summed E-state index contributed by atoms with van der Waals surface area (Å²) in [7, 11) is 0. The first kappa shape index (κ1) is 24.9. The second kappa shape index (κ2) is 9.60. The number of carbonyl (C=O) groups is 2. The molecular weight excluding hydrogens is 460 g/mol. The van der Waals surface area contributed by atoms with Gasteiger partial charge in [0.2, 0.25) is 5.91 Å². The maximum absolute atomic E-state index is 12.7. The molecule has 5 N–H and O–H groups in total. The molecule has 11 nitrogen and oxygen atoms in total. The van der Waals surface area contributed by atoms with Gasteiger partial charge in [-0.2, -0.15) is 4.98 Å². The molecule has 2 saturated heterocycles. The van der Waals surface area contributed by atoms with Gasteiger partial charge >= 0.3 is 11.7 Å². The van der Waals surface area contributed by atoms with Gasteiger partial charge in [0, 0.05) is 63.7 Å². The van der Waals surface area contributed by atoms with Crippen LogP contribution in [-0.2, 0) is 4.79 Å². The number of allylic oxidation sites excluding steroid dienone is 2. The third-order valence-corrected chi connectivity index (χ3v) is 8.10. The smallest absolute Gasteiger partial charge is 0.338 e. The lowest BCUT2D eigenvalue weighted by Crippen LogP contribution is -2.58. The average Bonchev–Trinajstić information content (AvgIpc) is 3.23. The van der Waals surface area contributed by atoms with Crippen molar-refractivity contribution in [2.45, 2.75) is 44.7 Å². The van der Waals surface area contributed by atoms with Crippen molar-refractivity contribution in [3.05, 3.63) is 28.8 Å². The lowest BCUT2D eigenvalue weighted by Gasteiger charge is -2.37. The minimum absolute atomic E-state index is 0.131. The standard InChI is InChI=1S/C25H38N8O3/c1-25(2,27)22(34)31-9-11-32(12-10-31)23(35)28-20-7-8-33(24(36)29-20)17-5-3-16(4-6-17)13-30-14-18-19(15-30)21(18)26/h5,7-8,16,18-19,21H,3-4,6,9-15,26-27H2,1-2H3,(H,28,29,35,36)/t16?,18-,19?,21?/m1/s1. The van der Waals surface area contributed by atoms with Crippen LogP contribution in [0.4, 0.5) is 10.6 Å². The summed E-state index contributed by atoms with van der Waals surface area (Å²) in [6.07, 6.45) is 6.67. The fraction of sp³-hybridized carbons (Fsp3) is 0.680. The predicted molar refractivity (Wildman–Crippen MR) is 137 cm³/mol. The Hall–Kier alpha value is -2.76. The molecule has 1 saturated carbocycles. The summed E-state index contributed by atoms with van der Waals surface area (Å²) in [6, 6.07) is 1.75. The Labute approximate surface area is 211 Å². The van der Waals surface area contributed by atoms with Gasteiger partial charge in [-0.05, 0) is 56.9 Å². The van der Waals surface area contributed by atoms with Gasteiger partial charge in [-0.1, -0.05) is 6.08 Å². The number of piperidine rings is 1. The van der Waals surface area contributed by atoms with E-state index in [1.54, 1.807) is 40.5 Å². The summed E-state index contributed by atoms with van der Waals surface area (Å²) in [6.45, 7) is 8.35. The molecule has 1 aromatic rings. The molecule has 36 heavy (non-hydrogen) atoms. The van der Waals surface area contributed by atoms with Gasteiger partial charge in [-0.25, -0.2) is 9.59 Å². The van der Waals surface area contributed by atoms with Crippen molar-refractivity contribution in [3.63, 3.8) is 0 Å². The fourth-order valence-electron chi connectivity index (χ4n) is 5.83. The zero-order valence-corrected chi connectivity index (χ0v) is 21.2. The number of hydrogen-bond acceptors (Lipinski definition) is 7. The molecule has 2 aliphatic carbocycles. The summed E-state index contributed by atoms with van der Waals surface area (Å²) >= 11 is 0. The molecule has 11 heteroatoms. The summed E-state index contributed by atoms with van der Waals surface area (Å²) in [4.78, 5) is 47.6. The Morgan fingerprint density at radius 2 is 1.81 bits per heavy atom. The Bertz CT molecular complexity index is 1090. The van der Waals surface area contributed by atoms with Crippen LogP contribution >= 0.6 is 0 Å². The number of amides is 3. The molecule has 3 unspecified atom stereocenters. The van der Waals surface area contributed by atoms with Crippen LogP contribution in [-0.4, -0.2) is 93.6 Å². The van der Waals surface area contributed by atoms with Crippen molar-refractivity contribution in [1.82, 2.24) is 24.3 Å². The van der Waals surface area contributed by atoms with Crippen LogP contribution in [0.5, 0.6) is 0 Å². The van der Waals surface area contributed by atoms with Crippen molar-refractivity contribution < 1.29 is 9.59 Å². The number of fused-ring (bicyclic) bond motifs is 1. The molecule has 196 valence electrons. The number of urea groups is 1. The minimum atomic E-state index is -0.935. The summed E-state index contributed by atoms with van der Waals surface area (Å²) < 4.78 is 1.58. The average molecular weight is 499 g/mol. The zero-order chi connectivity index (χ0) is 25.6. The second-order valence-corrected chi connectivity index (χ2v) is 11.4. The Balaban J connectivity index is 1.11. The number of nitrogens with zero attached hydrogens (tertiary/aromatic N) is 5. The van der Waals surface area contributed by atoms with Gasteiger partial charge in [-0.3, -0.25) is 14.7 Å². The fourth-order valence-corrected chi connectivity index (χ4v) is 5.83. The number of nitrogens with one attached hydrogen (secondary N) is 1. The highest BCUT2D eigenvalue weighted by atomic mass is 16.2. The highest BCUT2D eigenvalue weighted by Crippen LogP contribution is 2.44. The van der Waals surface area contributed by atoms with Gasteiger partial charge < -0.3 is 26.2 Å². The number of aromatic nitrogens is 2. The van der Waals surface area contributed by atoms with Gasteiger partial charge in [0.25, 0.3) is 0 Å². The summed E-state index contributed by atoms with van der Waals surface area (Å²) in [5.74, 6) is 2.12. The Morgan fingerprint density at radius 3 is 2.39 bits per heavy atom. The maximum atomic E-state index is 12.7. The van der Waals surface area contributed by atoms with E-state index >= 15 is 0 Å². The molecule has 4 atom stereocenters. The molecule has 3 fully saturated rings. The first-order valence-corrected chi connectivity index (χ1v) is 13.0. The largest absolute Gasteiger partial charge is 0.353 e. The van der Waals surface area contributed by atoms with E-state index in [0.29, 0.717) is 50.0 Å². The lowest BCUT2D eigenvalue weighted by atomic mass is 9.92. The molecule has 0 spiro atoms. The molecule has 3 heterocycles. The number of nitrogens with two attached hydrogens (primary N) is 2. The molecule has 5 rings (SSSR count). The summed E-state index contributed by atoms with van der Waals surface area (Å²) in [5.41, 5.74) is 11.6. The number of piperazine rings is 1. The predicted octanol–water partition coefficient (Wildman–Crippen LogP) is 0.187. The first-order chi connectivity index (χ1) is 17.1. The van der Waals surface area contributed by atoms with E-state index < -0.39 is 11.2 Å². The number of rotatable bonds is 5. The van der Waals surface area contributed by atoms with E-state index in [1.807, 2.05) is 0 Å². The monoisotopic (exact) mass is 498 g/mol. The Morgan fingerprint density at radius 1 is 1.14 bits per heavy atom. The van der Waals surface area contributed by atoms with Crippen LogP contribution in [0.15, 0.2) is 23.1 Å². The first-order valence-electron chi connectivity index (χ1n) is 13.0. The Kier molecular flexibility index (Phi) is 6.65. The van der Waals surface area contributed by atoms with E-state index in [2.05, 4.69) is 21.3 Å². The summed E-state index contributed by atoms with van der Waals surface area (Å²) in [5, 5.41) is 2.72. The molecule has 3 amide bonds. The van der Waals surface area contributed by atoms with Crippen LogP contribution in [0.3, 0.4) is 0 Å². The number of carbonyl (C=O) groups excluding carboxylic acids is 2. The van der Waals surface area contributed by atoms with E-state index in [-0.39, 0.29) is 17.8 Å². The quantitative estimate of drug-likeness (QED) is 0.526. The van der Waals surface area contributed by atoms with E-state index in [0.717, 1.165) is 44.6 Å². The van der Waals surface area contributed by atoms with Crippen LogP contribution in [0.2, 0.25) is 0 Å². The molecule has 0 aromatic carbocycles. The second-order valence-electron chi connectivity index (χ2n) is 11.4. The highest BCUT2D eigenvalue weighted by molar-refractivity contribution is 5.89. The normalized spacial score (nSPS) is 28.5. The molecule has 2 aliphatic heterocycles. The third-order valence-electron chi connectivity index (χ3n) is 8.10. The number of anilines is 1. The lowest BCUT2D eigenvalue weighted by molar-refractivity contribution is -0.137. The van der Waals surface area contributed by atoms with Crippen LogP contribution in [0, 0.1) is 17.8 Å². The van der Waals surface area contributed by atoms with E-state index in [1.165, 1.54) is 0 Å². The van der Waals surface area contributed by atoms with Crippen LogP contribution in [0.25, 0.3) is 5.70 Å². The molecule has 0 radical (unpaired) electrons. The highest BCUT2D eigenvalue weighted by Gasteiger charge is 2.53. The van der Waals surface area contributed by atoms with Crippen molar-refractivity contribution in [3.8, 4) is 0 Å². The van der Waals surface area contributed by atoms with Gasteiger partial charge in [-0.15, -0.1) is 0 Å². The van der Waals surface area contributed by atoms with E-state index in [4.69, 9.17) is 11.5 Å². The molecule has 1 aromatic heterocycles. The van der Waals surface area contributed by atoms with Gasteiger partial charge in [0.1, 0.15) is 5.82 Å². The van der Waals surface area contributed by atoms with E-state index in [9.17, 15) is 14.4 Å². The molecule has 4 aliphatic rings. The van der Waals surface area contributed by atoms with Crippen molar-refractivity contribution in [1.29, 1.82) is 0 Å². The van der Waals surface area contributed by atoms with Crippen molar-refractivity contribution in [2.75, 3.05) is 51.1 Å². The third kappa shape index (κ3) is 5.18. The minimum Gasteiger partial charge on any atom is -0.338 e. The topological polar surface area (TPSA) is 143 Å².